The molecule has 162 valence electrons. The molecule has 0 N–H and O–H groups in total. The highest BCUT2D eigenvalue weighted by Crippen LogP contribution is 2.38. The van der Waals surface area contributed by atoms with Gasteiger partial charge in [0.15, 0.2) is 10.9 Å². The topological polar surface area (TPSA) is 48.0 Å². The molecule has 1 saturated carbocycles. The summed E-state index contributed by atoms with van der Waals surface area (Å²) in [6, 6.07) is 7.88. The van der Waals surface area contributed by atoms with Gasteiger partial charge in [-0.25, -0.2) is 0 Å². The molecule has 0 unspecified atom stereocenters. The minimum Gasteiger partial charge on any atom is -0.442 e. The number of aromatic nitrogens is 2. The molecule has 3 aromatic rings. The largest absolute Gasteiger partial charge is 0.442 e. The molecule has 31 heavy (non-hydrogen) atoms. The van der Waals surface area contributed by atoms with Crippen LogP contribution in [0.25, 0.3) is 11.1 Å². The van der Waals surface area contributed by atoms with E-state index in [2.05, 4.69) is 20.5 Å². The Kier molecular flexibility index (Phi) is 6.35. The summed E-state index contributed by atoms with van der Waals surface area (Å²) in [7, 11) is 0. The number of hydrogen-bond donors (Lipinski definition) is 0. The monoisotopic (exact) mass is 516 g/mol. The summed E-state index contributed by atoms with van der Waals surface area (Å²) in [5, 5.41) is 1.86. The quantitative estimate of drug-likeness (QED) is 0.152. The Morgan fingerprint density at radius 1 is 1.13 bits per heavy atom. The minimum atomic E-state index is 0.0965. The Balaban J connectivity index is 1.53. The highest BCUT2D eigenvalue weighted by molar-refractivity contribution is 9.10. The van der Waals surface area contributed by atoms with Crippen LogP contribution in [-0.2, 0) is 12.8 Å². The molecule has 5 rings (SSSR count). The number of nitrogens with zero attached hydrogens (tertiary/aromatic N) is 2. The number of furan rings is 1. The van der Waals surface area contributed by atoms with Gasteiger partial charge in [0, 0.05) is 28.1 Å². The van der Waals surface area contributed by atoms with Crippen LogP contribution in [0.1, 0.15) is 72.7 Å². The molecule has 7 heteroatoms. The zero-order valence-corrected chi connectivity index (χ0v) is 20.6. The van der Waals surface area contributed by atoms with E-state index in [0.717, 1.165) is 57.5 Å². The van der Waals surface area contributed by atoms with Crippen molar-refractivity contribution in [2.75, 3.05) is 5.75 Å². The van der Waals surface area contributed by atoms with Crippen molar-refractivity contribution in [2.45, 2.75) is 69.0 Å². The van der Waals surface area contributed by atoms with E-state index in [1.807, 2.05) is 24.3 Å². The van der Waals surface area contributed by atoms with E-state index in [9.17, 15) is 4.79 Å². The van der Waals surface area contributed by atoms with E-state index in [0.29, 0.717) is 23.1 Å². The van der Waals surface area contributed by atoms with Gasteiger partial charge < -0.3 is 8.98 Å². The lowest BCUT2D eigenvalue weighted by atomic mass is 9.95. The number of rotatable bonds is 5. The lowest BCUT2D eigenvalue weighted by molar-refractivity contribution is 0.102. The van der Waals surface area contributed by atoms with Gasteiger partial charge in [-0.3, -0.25) is 4.79 Å². The molecule has 0 aliphatic heterocycles. The Labute approximate surface area is 199 Å². The summed E-state index contributed by atoms with van der Waals surface area (Å²) in [4.78, 5) is 17.7. The Morgan fingerprint density at radius 3 is 2.65 bits per heavy atom. The zero-order valence-electron chi connectivity index (χ0n) is 17.4. The van der Waals surface area contributed by atoms with Crippen LogP contribution >= 0.6 is 39.9 Å². The molecule has 0 spiro atoms. The highest BCUT2D eigenvalue weighted by Gasteiger charge is 2.26. The summed E-state index contributed by atoms with van der Waals surface area (Å²) in [6.45, 7) is 0. The van der Waals surface area contributed by atoms with Crippen molar-refractivity contribution in [1.29, 1.82) is 0 Å². The third-order valence-corrected chi connectivity index (χ3v) is 8.31. The van der Waals surface area contributed by atoms with Gasteiger partial charge in [0.05, 0.1) is 11.1 Å². The van der Waals surface area contributed by atoms with Crippen LogP contribution in [-0.4, -0.2) is 21.1 Å². The van der Waals surface area contributed by atoms with E-state index in [-0.39, 0.29) is 5.78 Å². The van der Waals surface area contributed by atoms with Crippen LogP contribution in [0, 0.1) is 4.64 Å². The first kappa shape index (κ1) is 21.4. The molecule has 0 bridgehead atoms. The third kappa shape index (κ3) is 4.29. The lowest BCUT2D eigenvalue weighted by Gasteiger charge is -2.26. The van der Waals surface area contributed by atoms with E-state index in [1.54, 1.807) is 0 Å². The second kappa shape index (κ2) is 9.20. The van der Waals surface area contributed by atoms with Gasteiger partial charge in [0.1, 0.15) is 10.4 Å². The van der Waals surface area contributed by atoms with Crippen molar-refractivity contribution >= 4 is 56.8 Å². The SMILES string of the molecule is O=C(CSc1nc2oc3c(c2c(=S)n1C1CCCCC1)CCCC3)c1ccc(Br)cc1. The van der Waals surface area contributed by atoms with Gasteiger partial charge in [-0.05, 0) is 44.2 Å². The van der Waals surface area contributed by atoms with Gasteiger partial charge in [0.25, 0.3) is 0 Å². The normalized spacial score (nSPS) is 17.1. The van der Waals surface area contributed by atoms with Gasteiger partial charge in [-0.2, -0.15) is 4.98 Å². The van der Waals surface area contributed by atoms with Crippen molar-refractivity contribution < 1.29 is 9.21 Å². The number of thioether (sulfide) groups is 1. The summed E-state index contributed by atoms with van der Waals surface area (Å²) >= 11 is 11.0. The summed E-state index contributed by atoms with van der Waals surface area (Å²) in [5.41, 5.74) is 2.64. The summed E-state index contributed by atoms with van der Waals surface area (Å²) in [6.07, 6.45) is 10.3. The predicted octanol–water partition coefficient (Wildman–Crippen LogP) is 7.48. The van der Waals surface area contributed by atoms with Crippen LogP contribution < -0.4 is 0 Å². The molecule has 2 aliphatic rings. The van der Waals surface area contributed by atoms with Crippen molar-refractivity contribution in [3.05, 3.63) is 50.3 Å². The minimum absolute atomic E-state index is 0.0965. The van der Waals surface area contributed by atoms with Crippen molar-refractivity contribution in [3.63, 3.8) is 0 Å². The molecule has 0 atom stereocenters. The fourth-order valence-electron chi connectivity index (χ4n) is 4.81. The zero-order chi connectivity index (χ0) is 21.4. The first-order valence-electron chi connectivity index (χ1n) is 11.1. The maximum absolute atomic E-state index is 12.8. The Hall–Kier alpha value is -1.44. The Bertz CT molecular complexity index is 1180. The van der Waals surface area contributed by atoms with Crippen LogP contribution in [0.15, 0.2) is 38.3 Å². The van der Waals surface area contributed by atoms with Crippen LogP contribution in [0.5, 0.6) is 0 Å². The molecule has 0 amide bonds. The average Bonchev–Trinajstić information content (AvgIpc) is 3.17. The smallest absolute Gasteiger partial charge is 0.231 e. The molecule has 2 aromatic heterocycles. The van der Waals surface area contributed by atoms with E-state index < -0.39 is 0 Å². The molecule has 4 nitrogen and oxygen atoms in total. The second-order valence-corrected chi connectivity index (χ2v) is 10.7. The maximum atomic E-state index is 12.8. The second-order valence-electron chi connectivity index (χ2n) is 8.47. The number of Topliss-reactive ketones (excluding diaryl/α,β-unsaturated/α-hetero) is 1. The fraction of sp³-hybridized carbons (Fsp3) is 0.458. The Morgan fingerprint density at radius 2 is 1.87 bits per heavy atom. The number of halogens is 1. The number of aryl methyl sites for hydroxylation is 2. The van der Waals surface area contributed by atoms with Crippen LogP contribution in [0.4, 0.5) is 0 Å². The first-order chi connectivity index (χ1) is 15.1. The van der Waals surface area contributed by atoms with Crippen molar-refractivity contribution in [3.8, 4) is 0 Å². The fourth-order valence-corrected chi connectivity index (χ4v) is 6.53. The average molecular weight is 518 g/mol. The maximum Gasteiger partial charge on any atom is 0.231 e. The first-order valence-corrected chi connectivity index (χ1v) is 13.3. The number of carbonyl (C=O) groups excluding carboxylic acids is 1. The van der Waals surface area contributed by atoms with Gasteiger partial charge in [-0.15, -0.1) is 0 Å². The van der Waals surface area contributed by atoms with E-state index in [1.165, 1.54) is 43.0 Å². The lowest BCUT2D eigenvalue weighted by Crippen LogP contribution is -2.18. The molecule has 0 radical (unpaired) electrons. The number of hydrogen-bond acceptors (Lipinski definition) is 5. The molecule has 1 aromatic carbocycles. The van der Waals surface area contributed by atoms with E-state index >= 15 is 0 Å². The number of benzene rings is 1. The third-order valence-electron chi connectivity index (χ3n) is 6.43. The molecule has 1 fully saturated rings. The molecule has 0 saturated heterocycles. The number of carbonyl (C=O) groups is 1. The van der Waals surface area contributed by atoms with Crippen LogP contribution in [0.2, 0.25) is 0 Å². The predicted molar refractivity (Wildman–Crippen MR) is 131 cm³/mol. The molecule has 2 heterocycles. The van der Waals surface area contributed by atoms with Gasteiger partial charge in [-0.1, -0.05) is 71.3 Å². The van der Waals surface area contributed by atoms with Gasteiger partial charge in [0.2, 0.25) is 5.71 Å². The standard InChI is InChI=1S/C24H25BrN2O2S2/c25-16-12-10-15(11-13-16)19(28)14-31-24-26-22-21(18-8-4-5-9-20(18)29-22)23(30)27(24)17-6-2-1-3-7-17/h10-13,17H,1-9,14H2. The molecular weight excluding hydrogens is 492 g/mol. The highest BCUT2D eigenvalue weighted by atomic mass is 79.9. The van der Waals surface area contributed by atoms with E-state index in [4.69, 9.17) is 21.6 Å². The number of fused-ring (bicyclic) bond motifs is 3. The molecular formula is C24H25BrN2O2S2. The number of ketones is 1. The summed E-state index contributed by atoms with van der Waals surface area (Å²) < 4.78 is 10.2. The van der Waals surface area contributed by atoms with Gasteiger partial charge >= 0.3 is 0 Å². The molecule has 2 aliphatic carbocycles. The van der Waals surface area contributed by atoms with Crippen molar-refractivity contribution in [1.82, 2.24) is 9.55 Å². The summed E-state index contributed by atoms with van der Waals surface area (Å²) in [5.74, 6) is 1.49. The van der Waals surface area contributed by atoms with Crippen molar-refractivity contribution in [2.24, 2.45) is 0 Å². The van der Waals surface area contributed by atoms with Crippen LogP contribution in [0.3, 0.4) is 0 Å².